The Morgan fingerprint density at radius 1 is 1.29 bits per heavy atom. The van der Waals surface area contributed by atoms with Crippen LogP contribution in [-0.2, 0) is 4.74 Å². The Labute approximate surface area is 124 Å². The summed E-state index contributed by atoms with van der Waals surface area (Å²) < 4.78 is 18.6. The number of anilines is 1. The summed E-state index contributed by atoms with van der Waals surface area (Å²) in [5.74, 6) is 1.11. The van der Waals surface area contributed by atoms with Gasteiger partial charge in [0.25, 0.3) is 0 Å². The quantitative estimate of drug-likeness (QED) is 0.814. The van der Waals surface area contributed by atoms with Gasteiger partial charge in [-0.1, -0.05) is 18.2 Å². The minimum absolute atomic E-state index is 0.269. The molecule has 2 N–H and O–H groups in total. The lowest BCUT2D eigenvalue weighted by Gasteiger charge is -2.26. The number of nitrogen functional groups attached to an aromatic ring is 1. The summed E-state index contributed by atoms with van der Waals surface area (Å²) in [5, 5.41) is 0. The van der Waals surface area contributed by atoms with Gasteiger partial charge in [0.1, 0.15) is 5.82 Å². The van der Waals surface area contributed by atoms with Gasteiger partial charge in [-0.15, -0.1) is 0 Å². The first kappa shape index (κ1) is 13.9. The highest BCUT2D eigenvalue weighted by molar-refractivity contribution is 5.51. The van der Waals surface area contributed by atoms with Crippen LogP contribution < -0.4 is 5.73 Å². The summed E-state index contributed by atoms with van der Waals surface area (Å²) in [6.45, 7) is 0. The standard InChI is InChI=1S/C18H20FNO/c1-21-16-4-2-3-12-9-14(6-5-13(12)10-16)17-8-7-15(19)11-18(17)20/h2-3,7-8,10-11,14H,4-6,9,20H2,1H3. The lowest BCUT2D eigenvalue weighted by molar-refractivity contribution is 0.284. The molecule has 2 aliphatic rings. The number of allylic oxidation sites excluding steroid dienone is 5. The molecule has 21 heavy (non-hydrogen) atoms. The second-order valence-corrected chi connectivity index (χ2v) is 5.68. The average molecular weight is 285 g/mol. The molecule has 1 aromatic carbocycles. The molecule has 3 rings (SSSR count). The Morgan fingerprint density at radius 2 is 2.14 bits per heavy atom. The van der Waals surface area contributed by atoms with Gasteiger partial charge in [-0.05, 0) is 60.1 Å². The number of hydrogen-bond donors (Lipinski definition) is 1. The van der Waals surface area contributed by atoms with Gasteiger partial charge < -0.3 is 10.5 Å². The fourth-order valence-corrected chi connectivity index (χ4v) is 3.22. The molecule has 0 spiro atoms. The summed E-state index contributed by atoms with van der Waals surface area (Å²) in [6, 6.07) is 4.75. The molecule has 0 aromatic heterocycles. The molecule has 0 fully saturated rings. The first-order valence-corrected chi connectivity index (χ1v) is 7.35. The molecule has 0 heterocycles. The molecule has 1 aromatic rings. The van der Waals surface area contributed by atoms with Crippen LogP contribution in [0.25, 0.3) is 0 Å². The van der Waals surface area contributed by atoms with Crippen LogP contribution in [0.3, 0.4) is 0 Å². The van der Waals surface area contributed by atoms with Crippen LogP contribution >= 0.6 is 0 Å². The second kappa shape index (κ2) is 5.76. The SMILES string of the molecule is COC1=CC2=C(C=CC1)CC(c1ccc(F)cc1N)CC2. The van der Waals surface area contributed by atoms with Crippen LogP contribution in [0.5, 0.6) is 0 Å². The van der Waals surface area contributed by atoms with E-state index in [9.17, 15) is 4.39 Å². The molecule has 1 atom stereocenters. The van der Waals surface area contributed by atoms with Gasteiger partial charge in [-0.2, -0.15) is 0 Å². The molecule has 0 saturated heterocycles. The third-order valence-corrected chi connectivity index (χ3v) is 4.37. The zero-order valence-electron chi connectivity index (χ0n) is 12.2. The van der Waals surface area contributed by atoms with Crippen molar-refractivity contribution in [1.29, 1.82) is 0 Å². The molecule has 2 nitrogen and oxygen atoms in total. The van der Waals surface area contributed by atoms with Crippen LogP contribution in [0.15, 0.2) is 53.3 Å². The van der Waals surface area contributed by atoms with E-state index >= 15 is 0 Å². The molecular weight excluding hydrogens is 265 g/mol. The molecule has 1 unspecified atom stereocenters. The highest BCUT2D eigenvalue weighted by atomic mass is 19.1. The van der Waals surface area contributed by atoms with Crippen molar-refractivity contribution in [2.45, 2.75) is 31.6 Å². The summed E-state index contributed by atoms with van der Waals surface area (Å²) in [4.78, 5) is 0. The van der Waals surface area contributed by atoms with Crippen LogP contribution in [0.2, 0.25) is 0 Å². The Morgan fingerprint density at radius 3 is 2.90 bits per heavy atom. The van der Waals surface area contributed by atoms with E-state index in [0.717, 1.165) is 37.0 Å². The number of halogens is 1. The first-order valence-electron chi connectivity index (χ1n) is 7.35. The van der Waals surface area contributed by atoms with E-state index in [1.807, 2.05) is 6.07 Å². The molecule has 0 saturated carbocycles. The maximum absolute atomic E-state index is 13.2. The molecule has 110 valence electrons. The van der Waals surface area contributed by atoms with Crippen LogP contribution in [-0.4, -0.2) is 7.11 Å². The topological polar surface area (TPSA) is 35.2 Å². The lowest BCUT2D eigenvalue weighted by atomic mass is 9.79. The monoisotopic (exact) mass is 285 g/mol. The van der Waals surface area contributed by atoms with E-state index in [1.165, 1.54) is 23.3 Å². The van der Waals surface area contributed by atoms with E-state index in [2.05, 4.69) is 18.2 Å². The van der Waals surface area contributed by atoms with E-state index in [0.29, 0.717) is 11.6 Å². The molecule has 0 amide bonds. The molecular formula is C18H20FNO. The lowest BCUT2D eigenvalue weighted by Crippen LogP contribution is -2.10. The summed E-state index contributed by atoms with van der Waals surface area (Å²) in [7, 11) is 1.72. The highest BCUT2D eigenvalue weighted by Gasteiger charge is 2.23. The first-order chi connectivity index (χ1) is 10.2. The Hall–Kier alpha value is -2.03. The Bertz CT molecular complexity index is 643. The fourth-order valence-electron chi connectivity index (χ4n) is 3.22. The third-order valence-electron chi connectivity index (χ3n) is 4.37. The van der Waals surface area contributed by atoms with Crippen molar-refractivity contribution < 1.29 is 9.13 Å². The van der Waals surface area contributed by atoms with Gasteiger partial charge >= 0.3 is 0 Å². The van der Waals surface area contributed by atoms with Crippen molar-refractivity contribution in [2.24, 2.45) is 0 Å². The maximum Gasteiger partial charge on any atom is 0.125 e. The van der Waals surface area contributed by atoms with Gasteiger partial charge in [0.05, 0.1) is 12.9 Å². The fraction of sp³-hybridized carbons (Fsp3) is 0.333. The van der Waals surface area contributed by atoms with Gasteiger partial charge in [0.2, 0.25) is 0 Å². The van der Waals surface area contributed by atoms with Crippen molar-refractivity contribution in [3.05, 3.63) is 64.7 Å². The number of nitrogens with two attached hydrogens (primary N) is 1. The zero-order valence-corrected chi connectivity index (χ0v) is 12.2. The predicted molar refractivity (Wildman–Crippen MR) is 83.3 cm³/mol. The van der Waals surface area contributed by atoms with Gasteiger partial charge in [0, 0.05) is 12.1 Å². The molecule has 3 heteroatoms. The normalized spacial score (nSPS) is 21.6. The molecule has 0 bridgehead atoms. The average Bonchev–Trinajstić information content (AvgIpc) is 2.68. The van der Waals surface area contributed by atoms with E-state index < -0.39 is 0 Å². The zero-order chi connectivity index (χ0) is 14.8. The van der Waals surface area contributed by atoms with E-state index in [1.54, 1.807) is 7.11 Å². The van der Waals surface area contributed by atoms with Crippen LogP contribution in [0, 0.1) is 5.82 Å². The summed E-state index contributed by atoms with van der Waals surface area (Å²) >= 11 is 0. The van der Waals surface area contributed by atoms with Crippen molar-refractivity contribution in [3.63, 3.8) is 0 Å². The largest absolute Gasteiger partial charge is 0.501 e. The number of hydrogen-bond acceptors (Lipinski definition) is 2. The molecule has 2 aliphatic carbocycles. The van der Waals surface area contributed by atoms with Crippen molar-refractivity contribution in [2.75, 3.05) is 12.8 Å². The molecule has 0 aliphatic heterocycles. The summed E-state index contributed by atoms with van der Waals surface area (Å²) in [5.41, 5.74) is 10.3. The minimum Gasteiger partial charge on any atom is -0.501 e. The minimum atomic E-state index is -0.269. The maximum atomic E-state index is 13.2. The van der Waals surface area contributed by atoms with Gasteiger partial charge in [-0.25, -0.2) is 4.39 Å². The van der Waals surface area contributed by atoms with E-state index in [-0.39, 0.29) is 5.82 Å². The summed E-state index contributed by atoms with van der Waals surface area (Å²) in [6.07, 6.45) is 10.4. The Kier molecular flexibility index (Phi) is 3.82. The van der Waals surface area contributed by atoms with Crippen LogP contribution in [0.1, 0.15) is 37.2 Å². The number of ether oxygens (including phenoxy) is 1. The van der Waals surface area contributed by atoms with Gasteiger partial charge in [0.15, 0.2) is 0 Å². The number of rotatable bonds is 2. The predicted octanol–water partition coefficient (Wildman–Crippen LogP) is 4.46. The second-order valence-electron chi connectivity index (χ2n) is 5.68. The van der Waals surface area contributed by atoms with Crippen molar-refractivity contribution >= 4 is 5.69 Å². The smallest absolute Gasteiger partial charge is 0.125 e. The third kappa shape index (κ3) is 2.87. The van der Waals surface area contributed by atoms with Crippen molar-refractivity contribution in [3.8, 4) is 0 Å². The Balaban J connectivity index is 1.88. The van der Waals surface area contributed by atoms with E-state index in [4.69, 9.17) is 10.5 Å². The van der Waals surface area contributed by atoms with Crippen LogP contribution in [0.4, 0.5) is 10.1 Å². The number of benzene rings is 1. The van der Waals surface area contributed by atoms with Gasteiger partial charge in [-0.3, -0.25) is 0 Å². The highest BCUT2D eigenvalue weighted by Crippen LogP contribution is 2.40. The number of methoxy groups -OCH3 is 1. The van der Waals surface area contributed by atoms with Crippen molar-refractivity contribution in [1.82, 2.24) is 0 Å². The molecule has 0 radical (unpaired) electrons.